The second-order valence-corrected chi connectivity index (χ2v) is 4.95. The molecule has 0 fully saturated rings. The summed E-state index contributed by atoms with van der Waals surface area (Å²) in [4.78, 5) is 23.2. The summed E-state index contributed by atoms with van der Waals surface area (Å²) < 4.78 is 1.60. The second kappa shape index (κ2) is 5.28. The number of benzene rings is 1. The van der Waals surface area contributed by atoms with Crippen molar-refractivity contribution >= 4 is 22.9 Å². The first-order valence-electron chi connectivity index (χ1n) is 6.23. The van der Waals surface area contributed by atoms with Gasteiger partial charge in [0.1, 0.15) is 11.6 Å². The number of fused-ring (bicyclic) bond motifs is 1. The molecule has 2 rings (SSSR count). The lowest BCUT2D eigenvalue weighted by molar-refractivity contribution is -0.140. The van der Waals surface area contributed by atoms with Gasteiger partial charge in [0.15, 0.2) is 0 Å². The van der Waals surface area contributed by atoms with Gasteiger partial charge in [-0.25, -0.2) is 9.48 Å². The van der Waals surface area contributed by atoms with E-state index < -0.39 is 17.9 Å². The van der Waals surface area contributed by atoms with E-state index in [1.54, 1.807) is 43.8 Å². The molecule has 1 unspecified atom stereocenters. The highest BCUT2D eigenvalue weighted by molar-refractivity contribution is 5.99. The smallest absolute Gasteiger partial charge is 0.326 e. The molecule has 2 N–H and O–H groups in total. The Balaban J connectivity index is 2.24. The number of aliphatic carboxylic acids is 1. The van der Waals surface area contributed by atoms with Gasteiger partial charge in [0, 0.05) is 12.6 Å². The molecule has 0 bridgehead atoms. The maximum Gasteiger partial charge on any atom is 0.326 e. The Hall–Kier alpha value is -2.44. The summed E-state index contributed by atoms with van der Waals surface area (Å²) in [5.74, 6) is -1.68. The van der Waals surface area contributed by atoms with Crippen LogP contribution < -0.4 is 5.32 Å². The van der Waals surface area contributed by atoms with Crippen LogP contribution in [0.5, 0.6) is 0 Å². The number of nitrogens with one attached hydrogen (secondary N) is 1. The predicted octanol–water partition coefficient (Wildman–Crippen LogP) is 0.807. The van der Waals surface area contributed by atoms with Gasteiger partial charge >= 0.3 is 5.97 Å². The first-order chi connectivity index (χ1) is 9.40. The predicted molar refractivity (Wildman–Crippen MR) is 72.2 cm³/mol. The third-order valence-electron chi connectivity index (χ3n) is 3.09. The lowest BCUT2D eigenvalue weighted by atomic mass is 10.0. The van der Waals surface area contributed by atoms with Crippen LogP contribution in [0.3, 0.4) is 0 Å². The molecule has 7 nitrogen and oxygen atoms in total. The molecule has 0 aliphatic carbocycles. The van der Waals surface area contributed by atoms with Crippen LogP contribution >= 0.6 is 0 Å². The van der Waals surface area contributed by atoms with E-state index in [1.165, 1.54) is 0 Å². The molecule has 0 radical (unpaired) electrons. The zero-order valence-electron chi connectivity index (χ0n) is 11.5. The highest BCUT2D eigenvalue weighted by Crippen LogP contribution is 2.13. The molecule has 0 saturated carbocycles. The number of hydrogen-bond acceptors (Lipinski definition) is 4. The Morgan fingerprint density at radius 2 is 2.05 bits per heavy atom. The van der Waals surface area contributed by atoms with Crippen molar-refractivity contribution in [1.29, 1.82) is 0 Å². The van der Waals surface area contributed by atoms with Crippen molar-refractivity contribution in [1.82, 2.24) is 20.3 Å². The average Bonchev–Trinajstić information content (AvgIpc) is 2.76. The first-order valence-corrected chi connectivity index (χ1v) is 6.23. The van der Waals surface area contributed by atoms with Gasteiger partial charge in [-0.2, -0.15) is 0 Å². The van der Waals surface area contributed by atoms with Gasteiger partial charge in [-0.15, -0.1) is 5.10 Å². The number of aryl methyl sites for hydroxylation is 1. The third-order valence-corrected chi connectivity index (χ3v) is 3.09. The number of nitrogens with zero attached hydrogens (tertiary/aromatic N) is 3. The molecule has 1 aromatic heterocycles. The second-order valence-electron chi connectivity index (χ2n) is 4.95. The normalized spacial score (nSPS) is 12.6. The van der Waals surface area contributed by atoms with Gasteiger partial charge in [-0.3, -0.25) is 4.79 Å². The Morgan fingerprint density at radius 1 is 1.35 bits per heavy atom. The molecule has 1 aromatic carbocycles. The number of amides is 1. The standard InChI is InChI=1S/C13H16N4O3/c1-7(2)11(13(19)20)14-12(18)8-4-5-10-9(6-8)15-16-17(10)3/h4-7,11H,1-3H3,(H,14,18)(H,19,20). The maximum absolute atomic E-state index is 12.1. The molecule has 0 spiro atoms. The van der Waals surface area contributed by atoms with Gasteiger partial charge in [0.25, 0.3) is 5.91 Å². The number of rotatable bonds is 4. The van der Waals surface area contributed by atoms with Gasteiger partial charge in [-0.1, -0.05) is 19.1 Å². The molecule has 2 aromatic rings. The third kappa shape index (κ3) is 2.61. The first kappa shape index (κ1) is 14.0. The van der Waals surface area contributed by atoms with Crippen molar-refractivity contribution in [3.05, 3.63) is 23.8 Å². The quantitative estimate of drug-likeness (QED) is 0.861. The molecule has 7 heteroatoms. The number of hydrogen-bond donors (Lipinski definition) is 2. The molecule has 1 atom stereocenters. The van der Waals surface area contributed by atoms with E-state index >= 15 is 0 Å². The van der Waals surface area contributed by atoms with Crippen LogP contribution in [-0.2, 0) is 11.8 Å². The van der Waals surface area contributed by atoms with Crippen LogP contribution in [0.15, 0.2) is 18.2 Å². The average molecular weight is 276 g/mol. The summed E-state index contributed by atoms with van der Waals surface area (Å²) in [5, 5.41) is 19.4. The van der Waals surface area contributed by atoms with Crippen LogP contribution in [-0.4, -0.2) is 38.0 Å². The Bertz CT molecular complexity index is 663. The number of carboxylic acids is 1. The fourth-order valence-corrected chi connectivity index (χ4v) is 1.92. The fraction of sp³-hybridized carbons (Fsp3) is 0.385. The summed E-state index contributed by atoms with van der Waals surface area (Å²) in [7, 11) is 1.76. The van der Waals surface area contributed by atoms with Crippen molar-refractivity contribution in [2.24, 2.45) is 13.0 Å². The van der Waals surface area contributed by atoms with E-state index in [1.807, 2.05) is 0 Å². The van der Waals surface area contributed by atoms with Crippen molar-refractivity contribution in [3.8, 4) is 0 Å². The topological polar surface area (TPSA) is 97.1 Å². The lowest BCUT2D eigenvalue weighted by Gasteiger charge is -2.17. The van der Waals surface area contributed by atoms with Crippen LogP contribution in [0.4, 0.5) is 0 Å². The van der Waals surface area contributed by atoms with E-state index in [2.05, 4.69) is 15.6 Å². The van der Waals surface area contributed by atoms with Crippen molar-refractivity contribution in [3.63, 3.8) is 0 Å². The van der Waals surface area contributed by atoms with E-state index in [0.29, 0.717) is 11.1 Å². The van der Waals surface area contributed by atoms with Crippen LogP contribution in [0.1, 0.15) is 24.2 Å². The Morgan fingerprint density at radius 3 is 2.65 bits per heavy atom. The molecule has 20 heavy (non-hydrogen) atoms. The zero-order valence-corrected chi connectivity index (χ0v) is 11.5. The van der Waals surface area contributed by atoms with Crippen LogP contribution in [0.25, 0.3) is 11.0 Å². The monoisotopic (exact) mass is 276 g/mol. The molecule has 0 aliphatic rings. The number of carbonyl (C=O) groups is 2. The largest absolute Gasteiger partial charge is 0.480 e. The van der Waals surface area contributed by atoms with Crippen molar-refractivity contribution in [2.45, 2.75) is 19.9 Å². The van der Waals surface area contributed by atoms with E-state index in [4.69, 9.17) is 5.11 Å². The highest BCUT2D eigenvalue weighted by Gasteiger charge is 2.24. The molecule has 1 heterocycles. The number of aromatic nitrogens is 3. The molecular weight excluding hydrogens is 260 g/mol. The summed E-state index contributed by atoms with van der Waals surface area (Å²) >= 11 is 0. The number of carboxylic acid groups (broad SMARTS) is 1. The molecule has 0 aliphatic heterocycles. The minimum atomic E-state index is -1.05. The summed E-state index contributed by atoms with van der Waals surface area (Å²) in [5.41, 5.74) is 1.77. The SMILES string of the molecule is CC(C)C(NC(=O)c1ccc2c(c1)nnn2C)C(=O)O. The Labute approximate surface area is 115 Å². The lowest BCUT2D eigenvalue weighted by Crippen LogP contribution is -2.44. The minimum Gasteiger partial charge on any atom is -0.480 e. The summed E-state index contributed by atoms with van der Waals surface area (Å²) in [6.45, 7) is 3.48. The van der Waals surface area contributed by atoms with E-state index in [9.17, 15) is 9.59 Å². The molecule has 0 saturated heterocycles. The van der Waals surface area contributed by atoms with E-state index in [-0.39, 0.29) is 5.92 Å². The number of carbonyl (C=O) groups excluding carboxylic acids is 1. The summed E-state index contributed by atoms with van der Waals surface area (Å²) in [6, 6.07) is 4.03. The minimum absolute atomic E-state index is 0.198. The van der Waals surface area contributed by atoms with E-state index in [0.717, 1.165) is 5.52 Å². The van der Waals surface area contributed by atoms with Gasteiger partial charge < -0.3 is 10.4 Å². The highest BCUT2D eigenvalue weighted by atomic mass is 16.4. The maximum atomic E-state index is 12.1. The molecule has 106 valence electrons. The van der Waals surface area contributed by atoms with Crippen LogP contribution in [0, 0.1) is 5.92 Å². The molecular formula is C13H16N4O3. The van der Waals surface area contributed by atoms with Gasteiger partial charge in [-0.05, 0) is 24.1 Å². The van der Waals surface area contributed by atoms with Gasteiger partial charge in [0.2, 0.25) is 0 Å². The summed E-state index contributed by atoms with van der Waals surface area (Å²) in [6.07, 6.45) is 0. The van der Waals surface area contributed by atoms with Crippen molar-refractivity contribution in [2.75, 3.05) is 0 Å². The Kier molecular flexibility index (Phi) is 3.69. The zero-order chi connectivity index (χ0) is 14.9. The van der Waals surface area contributed by atoms with Gasteiger partial charge in [0.05, 0.1) is 5.52 Å². The van der Waals surface area contributed by atoms with Crippen LogP contribution in [0.2, 0.25) is 0 Å². The van der Waals surface area contributed by atoms with Crippen molar-refractivity contribution < 1.29 is 14.7 Å². The fourth-order valence-electron chi connectivity index (χ4n) is 1.92. The molecule has 1 amide bonds.